The lowest BCUT2D eigenvalue weighted by Gasteiger charge is -2.28. The van der Waals surface area contributed by atoms with Gasteiger partial charge in [-0.25, -0.2) is 0 Å². The number of nitrogens with two attached hydrogens (primary N) is 1. The number of carbonyl (C=O) groups is 1. The SMILES string of the molecule is CCCCCN(CCCCC)C(=O)[C@@H](N)[C@@H](C)CC. The number of hydrogen-bond acceptors (Lipinski definition) is 2. The fraction of sp³-hybridized carbons (Fsp3) is 0.938. The van der Waals surface area contributed by atoms with Crippen molar-refractivity contribution in [3.63, 3.8) is 0 Å². The molecule has 3 heteroatoms. The number of nitrogens with zero attached hydrogens (tertiary/aromatic N) is 1. The molecule has 0 aliphatic rings. The summed E-state index contributed by atoms with van der Waals surface area (Å²) >= 11 is 0. The molecule has 2 N–H and O–H groups in total. The van der Waals surface area contributed by atoms with Gasteiger partial charge in [0.05, 0.1) is 6.04 Å². The third kappa shape index (κ3) is 7.56. The first-order valence-electron chi connectivity index (χ1n) is 8.12. The highest BCUT2D eigenvalue weighted by Gasteiger charge is 2.24. The van der Waals surface area contributed by atoms with E-state index in [1.54, 1.807) is 0 Å². The van der Waals surface area contributed by atoms with Gasteiger partial charge in [0, 0.05) is 13.1 Å². The van der Waals surface area contributed by atoms with Crippen molar-refractivity contribution in [2.45, 2.75) is 78.7 Å². The zero-order valence-corrected chi connectivity index (χ0v) is 13.5. The minimum absolute atomic E-state index is 0.154. The molecule has 0 aromatic heterocycles. The van der Waals surface area contributed by atoms with E-state index in [9.17, 15) is 4.79 Å². The quantitative estimate of drug-likeness (QED) is 0.583. The molecule has 0 fully saturated rings. The van der Waals surface area contributed by atoms with Gasteiger partial charge in [-0.05, 0) is 18.8 Å². The van der Waals surface area contributed by atoms with Gasteiger partial charge in [-0.1, -0.05) is 59.8 Å². The average molecular weight is 270 g/mol. The summed E-state index contributed by atoms with van der Waals surface area (Å²) in [5, 5.41) is 0. The second-order valence-corrected chi connectivity index (χ2v) is 5.65. The highest BCUT2D eigenvalue weighted by molar-refractivity contribution is 5.81. The molecule has 2 atom stereocenters. The Morgan fingerprint density at radius 2 is 1.47 bits per heavy atom. The van der Waals surface area contributed by atoms with E-state index in [1.807, 2.05) is 4.90 Å². The smallest absolute Gasteiger partial charge is 0.239 e. The van der Waals surface area contributed by atoms with Crippen molar-refractivity contribution < 1.29 is 4.79 Å². The van der Waals surface area contributed by atoms with E-state index in [2.05, 4.69) is 27.7 Å². The van der Waals surface area contributed by atoms with Crippen LogP contribution in [0.15, 0.2) is 0 Å². The number of carbonyl (C=O) groups excluding carboxylic acids is 1. The first kappa shape index (κ1) is 18.4. The van der Waals surface area contributed by atoms with Gasteiger partial charge < -0.3 is 10.6 Å². The molecule has 0 saturated carbocycles. The predicted molar refractivity (Wildman–Crippen MR) is 83.1 cm³/mol. The number of rotatable bonds is 11. The molecule has 0 aromatic carbocycles. The van der Waals surface area contributed by atoms with Gasteiger partial charge in [-0.15, -0.1) is 0 Å². The first-order valence-corrected chi connectivity index (χ1v) is 8.12. The highest BCUT2D eigenvalue weighted by Crippen LogP contribution is 2.11. The van der Waals surface area contributed by atoms with E-state index >= 15 is 0 Å². The molecule has 0 rings (SSSR count). The minimum atomic E-state index is -0.326. The molecule has 0 heterocycles. The summed E-state index contributed by atoms with van der Waals surface area (Å²) in [6, 6.07) is -0.326. The van der Waals surface area contributed by atoms with E-state index in [0.29, 0.717) is 0 Å². The second-order valence-electron chi connectivity index (χ2n) is 5.65. The first-order chi connectivity index (χ1) is 9.08. The molecule has 0 radical (unpaired) electrons. The molecule has 0 aliphatic heterocycles. The minimum Gasteiger partial charge on any atom is -0.341 e. The Balaban J connectivity index is 4.38. The third-order valence-electron chi connectivity index (χ3n) is 3.92. The van der Waals surface area contributed by atoms with Crippen molar-refractivity contribution in [1.29, 1.82) is 0 Å². The summed E-state index contributed by atoms with van der Waals surface area (Å²) in [6.45, 7) is 10.3. The van der Waals surface area contributed by atoms with E-state index in [4.69, 9.17) is 5.73 Å². The Bertz CT molecular complexity index is 221. The monoisotopic (exact) mass is 270 g/mol. The average Bonchev–Trinajstić information content (AvgIpc) is 2.43. The van der Waals surface area contributed by atoms with E-state index in [0.717, 1.165) is 32.4 Å². The Kier molecular flexibility index (Phi) is 10.9. The van der Waals surface area contributed by atoms with Crippen molar-refractivity contribution in [2.24, 2.45) is 11.7 Å². The highest BCUT2D eigenvalue weighted by atomic mass is 16.2. The van der Waals surface area contributed by atoms with Crippen molar-refractivity contribution in [2.75, 3.05) is 13.1 Å². The largest absolute Gasteiger partial charge is 0.341 e. The lowest BCUT2D eigenvalue weighted by molar-refractivity contribution is -0.134. The molecule has 0 spiro atoms. The summed E-state index contributed by atoms with van der Waals surface area (Å²) in [5.41, 5.74) is 6.09. The van der Waals surface area contributed by atoms with Crippen LogP contribution >= 0.6 is 0 Å². The zero-order chi connectivity index (χ0) is 14.7. The molecule has 0 aliphatic carbocycles. The Morgan fingerprint density at radius 3 is 1.84 bits per heavy atom. The van der Waals surface area contributed by atoms with Gasteiger partial charge in [0.15, 0.2) is 0 Å². The fourth-order valence-corrected chi connectivity index (χ4v) is 2.15. The van der Waals surface area contributed by atoms with E-state index in [-0.39, 0.29) is 17.9 Å². The molecule has 0 saturated heterocycles. The van der Waals surface area contributed by atoms with E-state index in [1.165, 1.54) is 25.7 Å². The van der Waals surface area contributed by atoms with Crippen LogP contribution < -0.4 is 5.73 Å². The second kappa shape index (κ2) is 11.3. The van der Waals surface area contributed by atoms with Crippen LogP contribution in [0.2, 0.25) is 0 Å². The van der Waals surface area contributed by atoms with Crippen LogP contribution in [-0.2, 0) is 4.79 Å². The maximum atomic E-state index is 12.4. The van der Waals surface area contributed by atoms with Gasteiger partial charge in [0.1, 0.15) is 0 Å². The lowest BCUT2D eigenvalue weighted by atomic mass is 9.98. The van der Waals surface area contributed by atoms with Gasteiger partial charge in [0.25, 0.3) is 0 Å². The van der Waals surface area contributed by atoms with Crippen LogP contribution in [0.3, 0.4) is 0 Å². The van der Waals surface area contributed by atoms with Gasteiger partial charge in [0.2, 0.25) is 5.91 Å². The maximum Gasteiger partial charge on any atom is 0.239 e. The van der Waals surface area contributed by atoms with Crippen molar-refractivity contribution in [3.8, 4) is 0 Å². The molecule has 1 amide bonds. The predicted octanol–water partition coefficient (Wildman–Crippen LogP) is 3.57. The molecule has 0 aromatic rings. The molecular weight excluding hydrogens is 236 g/mol. The summed E-state index contributed by atoms with van der Waals surface area (Å²) in [6.07, 6.45) is 7.92. The summed E-state index contributed by atoms with van der Waals surface area (Å²) in [5.74, 6) is 0.425. The summed E-state index contributed by atoms with van der Waals surface area (Å²) < 4.78 is 0. The summed E-state index contributed by atoms with van der Waals surface area (Å²) in [4.78, 5) is 14.4. The van der Waals surface area contributed by atoms with Crippen LogP contribution in [0, 0.1) is 5.92 Å². The molecule has 0 unspecified atom stereocenters. The van der Waals surface area contributed by atoms with E-state index < -0.39 is 0 Å². The molecule has 114 valence electrons. The Morgan fingerprint density at radius 1 is 1.00 bits per heavy atom. The molecule has 19 heavy (non-hydrogen) atoms. The maximum absolute atomic E-state index is 12.4. The Labute approximate surface area is 119 Å². The topological polar surface area (TPSA) is 46.3 Å². The summed E-state index contributed by atoms with van der Waals surface area (Å²) in [7, 11) is 0. The standard InChI is InChI=1S/C16H34N2O/c1-5-8-10-12-18(13-11-9-6-2)16(19)15(17)14(4)7-3/h14-15H,5-13,17H2,1-4H3/t14-,15-/m0/s1. The van der Waals surface area contributed by atoms with Gasteiger partial charge in [-0.2, -0.15) is 0 Å². The number of unbranched alkanes of at least 4 members (excludes halogenated alkanes) is 4. The van der Waals surface area contributed by atoms with Crippen molar-refractivity contribution in [1.82, 2.24) is 4.90 Å². The van der Waals surface area contributed by atoms with Crippen LogP contribution in [0.1, 0.15) is 72.6 Å². The lowest BCUT2D eigenvalue weighted by Crippen LogP contribution is -2.47. The van der Waals surface area contributed by atoms with Crippen LogP contribution in [0.5, 0.6) is 0 Å². The van der Waals surface area contributed by atoms with Crippen LogP contribution in [0.4, 0.5) is 0 Å². The molecule has 3 nitrogen and oxygen atoms in total. The normalized spacial score (nSPS) is 14.2. The molecule has 0 bridgehead atoms. The number of amides is 1. The third-order valence-corrected chi connectivity index (χ3v) is 3.92. The van der Waals surface area contributed by atoms with Crippen LogP contribution in [-0.4, -0.2) is 29.9 Å². The zero-order valence-electron chi connectivity index (χ0n) is 13.5. The van der Waals surface area contributed by atoms with Crippen molar-refractivity contribution >= 4 is 5.91 Å². The van der Waals surface area contributed by atoms with Gasteiger partial charge >= 0.3 is 0 Å². The van der Waals surface area contributed by atoms with Crippen LogP contribution in [0.25, 0.3) is 0 Å². The Hall–Kier alpha value is -0.570. The van der Waals surface area contributed by atoms with Gasteiger partial charge in [-0.3, -0.25) is 4.79 Å². The number of hydrogen-bond donors (Lipinski definition) is 1. The van der Waals surface area contributed by atoms with Crippen molar-refractivity contribution in [3.05, 3.63) is 0 Å². The molecular formula is C16H34N2O. The fourth-order valence-electron chi connectivity index (χ4n) is 2.15.